The van der Waals surface area contributed by atoms with Crippen LogP contribution in [-0.2, 0) is 6.42 Å². The Bertz CT molecular complexity index is 656. The van der Waals surface area contributed by atoms with E-state index in [1.54, 1.807) is 6.92 Å². The van der Waals surface area contributed by atoms with Crippen LogP contribution in [0.15, 0.2) is 24.4 Å². The molecular weight excluding hydrogens is 288 g/mol. The lowest BCUT2D eigenvalue weighted by molar-refractivity contribution is -0.276. The van der Waals surface area contributed by atoms with Crippen molar-refractivity contribution in [2.45, 2.75) is 26.6 Å². The van der Waals surface area contributed by atoms with E-state index in [1.807, 2.05) is 0 Å². The van der Waals surface area contributed by atoms with E-state index in [2.05, 4.69) is 14.7 Å². The first-order chi connectivity index (χ1) is 9.76. The molecule has 0 unspecified atom stereocenters. The Balaban J connectivity index is 2.36. The highest BCUT2D eigenvalue weighted by atomic mass is 19.4. The maximum atomic E-state index is 14.0. The van der Waals surface area contributed by atoms with Crippen LogP contribution in [0.4, 0.5) is 17.6 Å². The first kappa shape index (κ1) is 15.2. The molecule has 0 saturated heterocycles. The Morgan fingerprint density at radius 3 is 2.57 bits per heavy atom. The van der Waals surface area contributed by atoms with Crippen molar-refractivity contribution in [1.29, 1.82) is 0 Å². The normalized spacial score (nSPS) is 11.5. The summed E-state index contributed by atoms with van der Waals surface area (Å²) in [5.41, 5.74) is 1.19. The number of nitrogens with zero attached hydrogens (tertiary/aromatic N) is 2. The lowest BCUT2D eigenvalue weighted by atomic mass is 10.0. The lowest BCUT2D eigenvalue weighted by Gasteiger charge is -2.13. The molecule has 2 heterocycles. The molecule has 0 fully saturated rings. The van der Waals surface area contributed by atoms with Crippen molar-refractivity contribution in [2.24, 2.45) is 0 Å². The van der Waals surface area contributed by atoms with E-state index < -0.39 is 18.1 Å². The van der Waals surface area contributed by atoms with E-state index in [4.69, 9.17) is 0 Å². The van der Waals surface area contributed by atoms with Crippen molar-refractivity contribution in [3.8, 4) is 5.88 Å². The van der Waals surface area contributed by atoms with Crippen LogP contribution in [0, 0.1) is 19.7 Å². The number of ether oxygens (including phenoxy) is 1. The van der Waals surface area contributed by atoms with Crippen molar-refractivity contribution in [3.63, 3.8) is 0 Å². The van der Waals surface area contributed by atoms with Crippen LogP contribution in [0.2, 0.25) is 0 Å². The van der Waals surface area contributed by atoms with Gasteiger partial charge >= 0.3 is 6.36 Å². The number of hydrogen-bond acceptors (Lipinski definition) is 3. The standard InChI is InChI=1S/C14H12F4N2O/c1-8-6-11(12(15)9(2)20-8)7-10-4-3-5-19-13(10)21-14(16,17)18/h3-6H,7H2,1-2H3. The number of alkyl halides is 3. The van der Waals surface area contributed by atoms with Gasteiger partial charge in [0.25, 0.3) is 0 Å². The zero-order valence-corrected chi connectivity index (χ0v) is 11.3. The van der Waals surface area contributed by atoms with Gasteiger partial charge in [-0.25, -0.2) is 9.37 Å². The van der Waals surface area contributed by atoms with Gasteiger partial charge in [-0.15, -0.1) is 13.2 Å². The van der Waals surface area contributed by atoms with Crippen molar-refractivity contribution in [3.05, 3.63) is 52.7 Å². The number of aromatic nitrogens is 2. The summed E-state index contributed by atoms with van der Waals surface area (Å²) in [6.07, 6.45) is -3.72. The maximum Gasteiger partial charge on any atom is 0.574 e. The zero-order valence-electron chi connectivity index (χ0n) is 11.3. The number of halogens is 4. The van der Waals surface area contributed by atoms with Gasteiger partial charge in [0.2, 0.25) is 5.88 Å². The van der Waals surface area contributed by atoms with Gasteiger partial charge in [-0.3, -0.25) is 4.98 Å². The molecule has 0 radical (unpaired) electrons. The molecule has 0 saturated carbocycles. The minimum Gasteiger partial charge on any atom is -0.388 e. The summed E-state index contributed by atoms with van der Waals surface area (Å²) in [5, 5.41) is 0. The number of hydrogen-bond donors (Lipinski definition) is 0. The smallest absolute Gasteiger partial charge is 0.388 e. The van der Waals surface area contributed by atoms with Crippen LogP contribution in [0.1, 0.15) is 22.5 Å². The maximum absolute atomic E-state index is 14.0. The second kappa shape index (κ2) is 5.67. The largest absolute Gasteiger partial charge is 0.574 e. The van der Waals surface area contributed by atoms with Gasteiger partial charge in [0.1, 0.15) is 5.82 Å². The monoisotopic (exact) mass is 300 g/mol. The van der Waals surface area contributed by atoms with Crippen LogP contribution in [-0.4, -0.2) is 16.3 Å². The van der Waals surface area contributed by atoms with E-state index in [1.165, 1.54) is 31.3 Å². The van der Waals surface area contributed by atoms with Crippen LogP contribution < -0.4 is 4.74 Å². The average molecular weight is 300 g/mol. The molecule has 3 nitrogen and oxygen atoms in total. The third-order valence-corrected chi connectivity index (χ3v) is 2.77. The minimum absolute atomic E-state index is 0.0602. The second-order valence-corrected chi connectivity index (χ2v) is 4.51. The summed E-state index contributed by atoms with van der Waals surface area (Å²) in [5.74, 6) is -1.11. The first-order valence-electron chi connectivity index (χ1n) is 6.08. The molecule has 2 aromatic rings. The molecule has 0 amide bonds. The third-order valence-electron chi connectivity index (χ3n) is 2.77. The first-order valence-corrected chi connectivity index (χ1v) is 6.08. The van der Waals surface area contributed by atoms with Gasteiger partial charge in [0.05, 0.1) is 5.69 Å². The molecular formula is C14H12F4N2O. The lowest BCUT2D eigenvalue weighted by Crippen LogP contribution is -2.19. The molecule has 0 aliphatic rings. The van der Waals surface area contributed by atoms with Crippen LogP contribution >= 0.6 is 0 Å². The fourth-order valence-electron chi connectivity index (χ4n) is 1.99. The van der Waals surface area contributed by atoms with Gasteiger partial charge < -0.3 is 4.74 Å². The van der Waals surface area contributed by atoms with Crippen molar-refractivity contribution < 1.29 is 22.3 Å². The van der Waals surface area contributed by atoms with Gasteiger partial charge in [-0.1, -0.05) is 6.07 Å². The predicted molar refractivity (Wildman–Crippen MR) is 67.4 cm³/mol. The van der Waals surface area contributed by atoms with E-state index in [0.717, 1.165) is 0 Å². The van der Waals surface area contributed by atoms with Crippen LogP contribution in [0.3, 0.4) is 0 Å². The molecule has 2 rings (SSSR count). The van der Waals surface area contributed by atoms with E-state index in [9.17, 15) is 17.6 Å². The number of aryl methyl sites for hydroxylation is 2. The average Bonchev–Trinajstić information content (AvgIpc) is 2.36. The zero-order chi connectivity index (χ0) is 15.6. The molecule has 0 aliphatic carbocycles. The molecule has 21 heavy (non-hydrogen) atoms. The number of rotatable bonds is 3. The summed E-state index contributed by atoms with van der Waals surface area (Å²) in [7, 11) is 0. The number of pyridine rings is 2. The highest BCUT2D eigenvalue weighted by molar-refractivity contribution is 5.34. The Labute approximate surface area is 118 Å². The second-order valence-electron chi connectivity index (χ2n) is 4.51. The molecule has 0 atom stereocenters. The molecule has 112 valence electrons. The quantitative estimate of drug-likeness (QED) is 0.810. The van der Waals surface area contributed by atoms with Gasteiger partial charge in [0, 0.05) is 23.9 Å². The Morgan fingerprint density at radius 1 is 1.19 bits per heavy atom. The topological polar surface area (TPSA) is 35.0 Å². The molecule has 0 bridgehead atoms. The van der Waals surface area contributed by atoms with E-state index in [0.29, 0.717) is 5.69 Å². The SMILES string of the molecule is Cc1cc(Cc2cccnc2OC(F)(F)F)c(F)c(C)n1. The summed E-state index contributed by atoms with van der Waals surface area (Å²) in [6.45, 7) is 3.19. The van der Waals surface area contributed by atoms with Gasteiger partial charge in [-0.2, -0.15) is 0 Å². The fraction of sp³-hybridized carbons (Fsp3) is 0.286. The Hall–Kier alpha value is -2.18. The summed E-state index contributed by atoms with van der Waals surface area (Å²) >= 11 is 0. The summed E-state index contributed by atoms with van der Waals surface area (Å²) in [6, 6.07) is 4.38. The Morgan fingerprint density at radius 2 is 1.90 bits per heavy atom. The molecule has 2 aromatic heterocycles. The van der Waals surface area contributed by atoms with Crippen LogP contribution in [0.5, 0.6) is 5.88 Å². The van der Waals surface area contributed by atoms with E-state index in [-0.39, 0.29) is 23.2 Å². The van der Waals surface area contributed by atoms with Crippen molar-refractivity contribution in [1.82, 2.24) is 9.97 Å². The highest BCUT2D eigenvalue weighted by Gasteiger charge is 2.32. The molecule has 0 aromatic carbocycles. The highest BCUT2D eigenvalue weighted by Crippen LogP contribution is 2.26. The molecule has 0 N–H and O–H groups in total. The molecule has 0 spiro atoms. The minimum atomic E-state index is -4.84. The molecule has 7 heteroatoms. The van der Waals surface area contributed by atoms with E-state index >= 15 is 0 Å². The van der Waals surface area contributed by atoms with Crippen LogP contribution in [0.25, 0.3) is 0 Å². The summed E-state index contributed by atoms with van der Waals surface area (Å²) in [4.78, 5) is 7.51. The molecule has 0 aliphatic heterocycles. The Kier molecular flexibility index (Phi) is 4.11. The fourth-order valence-corrected chi connectivity index (χ4v) is 1.99. The van der Waals surface area contributed by atoms with Gasteiger partial charge in [0.15, 0.2) is 0 Å². The predicted octanol–water partition coefficient (Wildman–Crippen LogP) is 3.72. The third kappa shape index (κ3) is 3.90. The van der Waals surface area contributed by atoms with Gasteiger partial charge in [-0.05, 0) is 31.5 Å². The van der Waals surface area contributed by atoms with Crippen molar-refractivity contribution in [2.75, 3.05) is 0 Å². The van der Waals surface area contributed by atoms with Crippen molar-refractivity contribution >= 4 is 0 Å². The summed E-state index contributed by atoms with van der Waals surface area (Å²) < 4.78 is 54.8.